The molecule has 0 aliphatic heterocycles. The Bertz CT molecular complexity index is 845. The minimum Gasteiger partial charge on any atom is -0.324 e. The quantitative estimate of drug-likeness (QED) is 0.801. The smallest absolute Gasteiger partial charge is 0.125 e. The second-order valence-electron chi connectivity index (χ2n) is 4.76. The molecule has 0 spiro atoms. The molecular formula is C16H13FN4. The van der Waals surface area contributed by atoms with Crippen LogP contribution >= 0.6 is 0 Å². The molecule has 1 aromatic heterocycles. The van der Waals surface area contributed by atoms with Crippen LogP contribution in [0.2, 0.25) is 0 Å². The van der Waals surface area contributed by atoms with E-state index in [1.54, 1.807) is 12.1 Å². The van der Waals surface area contributed by atoms with Crippen molar-refractivity contribution in [2.75, 3.05) is 0 Å². The van der Waals surface area contributed by atoms with Crippen molar-refractivity contribution in [3.8, 4) is 6.07 Å². The Kier molecular flexibility index (Phi) is 3.38. The number of hydrogen-bond donors (Lipinski definition) is 1. The van der Waals surface area contributed by atoms with Crippen molar-refractivity contribution >= 4 is 11.0 Å². The van der Waals surface area contributed by atoms with Crippen LogP contribution in [0.3, 0.4) is 0 Å². The highest BCUT2D eigenvalue weighted by Gasteiger charge is 2.11. The van der Waals surface area contributed by atoms with Crippen LogP contribution in [0.15, 0.2) is 42.5 Å². The Morgan fingerprint density at radius 3 is 2.86 bits per heavy atom. The zero-order chi connectivity index (χ0) is 14.8. The van der Waals surface area contributed by atoms with Crippen molar-refractivity contribution in [2.24, 2.45) is 5.73 Å². The molecule has 2 aromatic carbocycles. The summed E-state index contributed by atoms with van der Waals surface area (Å²) in [7, 11) is 0. The van der Waals surface area contributed by atoms with Crippen molar-refractivity contribution < 1.29 is 4.39 Å². The Labute approximate surface area is 121 Å². The van der Waals surface area contributed by atoms with E-state index < -0.39 is 0 Å². The van der Waals surface area contributed by atoms with E-state index in [1.165, 1.54) is 12.1 Å². The molecule has 0 bridgehead atoms. The van der Waals surface area contributed by atoms with Gasteiger partial charge in [-0.2, -0.15) is 5.26 Å². The van der Waals surface area contributed by atoms with Crippen molar-refractivity contribution in [3.63, 3.8) is 0 Å². The summed E-state index contributed by atoms with van der Waals surface area (Å²) < 4.78 is 15.2. The third-order valence-corrected chi connectivity index (χ3v) is 3.37. The Morgan fingerprint density at radius 2 is 2.10 bits per heavy atom. The maximum Gasteiger partial charge on any atom is 0.125 e. The van der Waals surface area contributed by atoms with E-state index in [0.29, 0.717) is 23.4 Å². The van der Waals surface area contributed by atoms with E-state index in [2.05, 4.69) is 11.1 Å². The molecule has 0 aliphatic rings. The summed E-state index contributed by atoms with van der Waals surface area (Å²) in [5.74, 6) is 0.375. The van der Waals surface area contributed by atoms with Gasteiger partial charge in [-0.15, -0.1) is 0 Å². The lowest BCUT2D eigenvalue weighted by Gasteiger charge is -2.08. The second-order valence-corrected chi connectivity index (χ2v) is 4.76. The molecule has 0 saturated carbocycles. The molecule has 21 heavy (non-hydrogen) atoms. The van der Waals surface area contributed by atoms with E-state index in [4.69, 9.17) is 11.0 Å². The summed E-state index contributed by atoms with van der Waals surface area (Å²) in [5.41, 5.74) is 8.74. The van der Waals surface area contributed by atoms with Crippen LogP contribution in [-0.4, -0.2) is 9.55 Å². The molecule has 0 saturated heterocycles. The van der Waals surface area contributed by atoms with Gasteiger partial charge < -0.3 is 10.3 Å². The fraction of sp³-hybridized carbons (Fsp3) is 0.125. The first-order valence-corrected chi connectivity index (χ1v) is 6.55. The Balaban J connectivity index is 2.08. The first-order chi connectivity index (χ1) is 10.2. The van der Waals surface area contributed by atoms with E-state index in [1.807, 2.05) is 22.8 Å². The lowest BCUT2D eigenvalue weighted by Crippen LogP contribution is -2.09. The highest BCUT2D eigenvalue weighted by molar-refractivity contribution is 5.76. The predicted octanol–water partition coefficient (Wildman–Crippen LogP) is 2.55. The fourth-order valence-corrected chi connectivity index (χ4v) is 2.41. The van der Waals surface area contributed by atoms with E-state index in [0.717, 1.165) is 11.1 Å². The van der Waals surface area contributed by atoms with Gasteiger partial charge in [0.05, 0.1) is 29.2 Å². The summed E-state index contributed by atoms with van der Waals surface area (Å²) in [5, 5.41) is 8.96. The fourth-order valence-electron chi connectivity index (χ4n) is 2.41. The van der Waals surface area contributed by atoms with Crippen LogP contribution in [0, 0.1) is 17.1 Å². The number of imidazole rings is 1. The largest absolute Gasteiger partial charge is 0.324 e. The van der Waals surface area contributed by atoms with Gasteiger partial charge in [-0.3, -0.25) is 0 Å². The van der Waals surface area contributed by atoms with Crippen molar-refractivity contribution in [3.05, 3.63) is 65.2 Å². The minimum atomic E-state index is -0.317. The lowest BCUT2D eigenvalue weighted by atomic mass is 10.1. The molecule has 4 nitrogen and oxygen atoms in total. The van der Waals surface area contributed by atoms with E-state index in [-0.39, 0.29) is 12.4 Å². The van der Waals surface area contributed by atoms with Gasteiger partial charge in [0.1, 0.15) is 11.6 Å². The van der Waals surface area contributed by atoms with Crippen LogP contribution in [0.25, 0.3) is 11.0 Å². The van der Waals surface area contributed by atoms with Gasteiger partial charge in [-0.25, -0.2) is 9.37 Å². The predicted molar refractivity (Wildman–Crippen MR) is 77.8 cm³/mol. The standard InChI is InChI=1S/C16H13FN4/c17-13-4-5-15-14(7-13)20-16(9-19)21(15)10-12-3-1-2-11(6-12)8-18/h1-7H,9-10,19H2. The molecule has 0 atom stereocenters. The first-order valence-electron chi connectivity index (χ1n) is 6.55. The number of nitrogens with zero attached hydrogens (tertiary/aromatic N) is 3. The number of rotatable bonds is 3. The highest BCUT2D eigenvalue weighted by Crippen LogP contribution is 2.19. The van der Waals surface area contributed by atoms with Gasteiger partial charge in [0, 0.05) is 12.6 Å². The van der Waals surface area contributed by atoms with E-state index in [9.17, 15) is 4.39 Å². The average Bonchev–Trinajstić information content (AvgIpc) is 2.84. The normalized spacial score (nSPS) is 10.7. The molecule has 3 rings (SSSR count). The summed E-state index contributed by atoms with van der Waals surface area (Å²) in [6.07, 6.45) is 0. The van der Waals surface area contributed by atoms with Crippen LogP contribution in [0.4, 0.5) is 4.39 Å². The summed E-state index contributed by atoms with van der Waals surface area (Å²) in [6, 6.07) is 14.0. The van der Waals surface area contributed by atoms with Gasteiger partial charge in [0.25, 0.3) is 0 Å². The number of halogens is 1. The summed E-state index contributed by atoms with van der Waals surface area (Å²) in [4.78, 5) is 4.36. The molecule has 0 amide bonds. The molecule has 5 heteroatoms. The second kappa shape index (κ2) is 5.35. The maximum atomic E-state index is 13.3. The summed E-state index contributed by atoms with van der Waals surface area (Å²) >= 11 is 0. The molecule has 2 N–H and O–H groups in total. The number of benzene rings is 2. The zero-order valence-electron chi connectivity index (χ0n) is 11.3. The molecule has 0 fully saturated rings. The van der Waals surface area contributed by atoms with Crippen molar-refractivity contribution in [1.82, 2.24) is 9.55 Å². The van der Waals surface area contributed by atoms with Crippen LogP contribution in [-0.2, 0) is 13.1 Å². The number of nitrogens with two attached hydrogens (primary N) is 1. The maximum absolute atomic E-state index is 13.3. The Morgan fingerprint density at radius 1 is 1.24 bits per heavy atom. The number of nitriles is 1. The number of aromatic nitrogens is 2. The molecule has 0 unspecified atom stereocenters. The van der Waals surface area contributed by atoms with E-state index >= 15 is 0 Å². The average molecular weight is 280 g/mol. The van der Waals surface area contributed by atoms with Crippen molar-refractivity contribution in [1.29, 1.82) is 5.26 Å². The van der Waals surface area contributed by atoms with Gasteiger partial charge in [0.15, 0.2) is 0 Å². The monoisotopic (exact) mass is 280 g/mol. The molecule has 1 heterocycles. The molecule has 104 valence electrons. The van der Waals surface area contributed by atoms with Crippen molar-refractivity contribution in [2.45, 2.75) is 13.1 Å². The summed E-state index contributed by atoms with van der Waals surface area (Å²) in [6.45, 7) is 0.818. The molecule has 3 aromatic rings. The number of hydrogen-bond acceptors (Lipinski definition) is 3. The van der Waals surface area contributed by atoms with Crippen LogP contribution in [0.5, 0.6) is 0 Å². The van der Waals surface area contributed by atoms with Gasteiger partial charge in [-0.1, -0.05) is 12.1 Å². The SMILES string of the molecule is N#Cc1cccc(Cn2c(CN)nc3cc(F)ccc32)c1. The van der Waals surface area contributed by atoms with Gasteiger partial charge in [0.2, 0.25) is 0 Å². The molecular weight excluding hydrogens is 267 g/mol. The van der Waals surface area contributed by atoms with Crippen LogP contribution < -0.4 is 5.73 Å². The number of fused-ring (bicyclic) bond motifs is 1. The minimum absolute atomic E-state index is 0.272. The molecule has 0 aliphatic carbocycles. The third-order valence-electron chi connectivity index (χ3n) is 3.37. The lowest BCUT2D eigenvalue weighted by molar-refractivity contribution is 0.629. The first kappa shape index (κ1) is 13.3. The molecule has 0 radical (unpaired) electrons. The van der Waals surface area contributed by atoms with Gasteiger partial charge in [-0.05, 0) is 29.8 Å². The van der Waals surface area contributed by atoms with Gasteiger partial charge >= 0.3 is 0 Å². The third kappa shape index (κ3) is 2.49. The highest BCUT2D eigenvalue weighted by atomic mass is 19.1. The van der Waals surface area contributed by atoms with Crippen LogP contribution in [0.1, 0.15) is 17.0 Å². The zero-order valence-corrected chi connectivity index (χ0v) is 11.3. The Hall–Kier alpha value is -2.71. The topological polar surface area (TPSA) is 67.6 Å².